The molecule has 0 aliphatic carbocycles. The molecule has 4 nitrogen and oxygen atoms in total. The van der Waals surface area contributed by atoms with Crippen LogP contribution in [0.1, 0.15) is 37.3 Å². The molecule has 1 spiro atoms. The largest absolute Gasteiger partial charge is 0.375 e. The Hall–Kier alpha value is -0.520. The third-order valence-electron chi connectivity index (χ3n) is 4.80. The summed E-state index contributed by atoms with van der Waals surface area (Å²) in [6.45, 7) is 0.910. The van der Waals surface area contributed by atoms with Crippen LogP contribution >= 0.6 is 11.8 Å². The van der Waals surface area contributed by atoms with Crippen LogP contribution in [0.4, 0.5) is 0 Å². The number of ether oxygens (including phenoxy) is 1. The van der Waals surface area contributed by atoms with Crippen molar-refractivity contribution in [3.8, 4) is 0 Å². The van der Waals surface area contributed by atoms with E-state index in [1.807, 2.05) is 17.9 Å². The second-order valence-electron chi connectivity index (χ2n) is 6.11. The Kier molecular flexibility index (Phi) is 4.38. The van der Waals surface area contributed by atoms with Gasteiger partial charge in [-0.05, 0) is 50.2 Å². The molecule has 20 heavy (non-hydrogen) atoms. The predicted molar refractivity (Wildman–Crippen MR) is 83.0 cm³/mol. The molecule has 3 rings (SSSR count). The van der Waals surface area contributed by atoms with Crippen molar-refractivity contribution < 1.29 is 4.74 Å². The van der Waals surface area contributed by atoms with E-state index in [-0.39, 0.29) is 5.60 Å². The first-order valence-electron chi connectivity index (χ1n) is 7.60. The first-order valence-corrected chi connectivity index (χ1v) is 8.75. The predicted octanol–water partition coefficient (Wildman–Crippen LogP) is 2.37. The number of rotatable bonds is 3. The van der Waals surface area contributed by atoms with Gasteiger partial charge in [0.2, 0.25) is 0 Å². The quantitative estimate of drug-likeness (QED) is 0.929. The fourth-order valence-electron chi connectivity index (χ4n) is 3.72. The summed E-state index contributed by atoms with van der Waals surface area (Å²) in [7, 11) is 4.05. The van der Waals surface area contributed by atoms with E-state index in [4.69, 9.17) is 4.74 Å². The molecule has 0 amide bonds. The molecular formula is C15H25N3OS. The van der Waals surface area contributed by atoms with Gasteiger partial charge in [-0.2, -0.15) is 16.9 Å². The molecule has 2 atom stereocenters. The molecule has 2 aliphatic heterocycles. The molecule has 2 unspecified atom stereocenters. The molecule has 5 heteroatoms. The highest BCUT2D eigenvalue weighted by Gasteiger charge is 2.41. The maximum Gasteiger partial charge on any atom is 0.0701 e. The zero-order chi connectivity index (χ0) is 14.0. The van der Waals surface area contributed by atoms with Crippen LogP contribution in [-0.4, -0.2) is 40.5 Å². The van der Waals surface area contributed by atoms with E-state index in [0.29, 0.717) is 12.0 Å². The lowest BCUT2D eigenvalue weighted by Gasteiger charge is -2.45. The van der Waals surface area contributed by atoms with Crippen molar-refractivity contribution >= 4 is 11.8 Å². The van der Waals surface area contributed by atoms with Crippen molar-refractivity contribution in [3.05, 3.63) is 18.0 Å². The third kappa shape index (κ3) is 2.90. The number of nitrogens with one attached hydrogen (secondary N) is 1. The maximum atomic E-state index is 6.21. The van der Waals surface area contributed by atoms with E-state index < -0.39 is 0 Å². The Morgan fingerprint density at radius 2 is 2.30 bits per heavy atom. The number of thioether (sulfide) groups is 1. The Balaban J connectivity index is 1.74. The van der Waals surface area contributed by atoms with Crippen molar-refractivity contribution in [1.82, 2.24) is 15.1 Å². The van der Waals surface area contributed by atoms with Gasteiger partial charge in [-0.15, -0.1) is 0 Å². The van der Waals surface area contributed by atoms with Crippen LogP contribution in [-0.2, 0) is 11.8 Å². The van der Waals surface area contributed by atoms with Gasteiger partial charge in [0.25, 0.3) is 0 Å². The summed E-state index contributed by atoms with van der Waals surface area (Å²) >= 11 is 2.07. The summed E-state index contributed by atoms with van der Waals surface area (Å²) in [5.74, 6) is 3.16. The fourth-order valence-corrected chi connectivity index (χ4v) is 4.95. The summed E-state index contributed by atoms with van der Waals surface area (Å²) in [5.41, 5.74) is 1.47. The second-order valence-corrected chi connectivity index (χ2v) is 7.34. The molecule has 1 aromatic rings. The Labute approximate surface area is 125 Å². The summed E-state index contributed by atoms with van der Waals surface area (Å²) in [6.07, 6.45) is 8.92. The van der Waals surface area contributed by atoms with Gasteiger partial charge in [0.1, 0.15) is 0 Å². The Bertz CT molecular complexity index is 437. The summed E-state index contributed by atoms with van der Waals surface area (Å²) < 4.78 is 8.11. The van der Waals surface area contributed by atoms with Gasteiger partial charge in [-0.1, -0.05) is 0 Å². The van der Waals surface area contributed by atoms with Gasteiger partial charge < -0.3 is 10.1 Å². The van der Waals surface area contributed by atoms with Crippen LogP contribution in [0.3, 0.4) is 0 Å². The van der Waals surface area contributed by atoms with Crippen LogP contribution in [0.5, 0.6) is 0 Å². The molecule has 1 aromatic heterocycles. The highest BCUT2D eigenvalue weighted by Crippen LogP contribution is 2.43. The van der Waals surface area contributed by atoms with Crippen LogP contribution in [0.15, 0.2) is 12.4 Å². The lowest BCUT2D eigenvalue weighted by atomic mass is 9.77. The van der Waals surface area contributed by atoms with Gasteiger partial charge in [0.15, 0.2) is 0 Å². The number of hydrogen-bond acceptors (Lipinski definition) is 4. The van der Waals surface area contributed by atoms with Gasteiger partial charge in [0, 0.05) is 31.5 Å². The molecule has 0 bridgehead atoms. The fraction of sp³-hybridized carbons (Fsp3) is 0.800. The molecule has 112 valence electrons. The van der Waals surface area contributed by atoms with E-state index in [1.165, 1.54) is 36.3 Å². The number of nitrogens with zero attached hydrogens (tertiary/aromatic N) is 2. The lowest BCUT2D eigenvalue weighted by Crippen LogP contribution is -2.45. The zero-order valence-electron chi connectivity index (χ0n) is 12.5. The van der Waals surface area contributed by atoms with Gasteiger partial charge in [0.05, 0.1) is 11.8 Å². The van der Waals surface area contributed by atoms with Crippen LogP contribution < -0.4 is 5.32 Å². The lowest BCUT2D eigenvalue weighted by molar-refractivity contribution is -0.107. The topological polar surface area (TPSA) is 39.1 Å². The number of hydrogen-bond donors (Lipinski definition) is 1. The average Bonchev–Trinajstić information content (AvgIpc) is 2.87. The monoisotopic (exact) mass is 295 g/mol. The molecule has 0 radical (unpaired) electrons. The number of aryl methyl sites for hydroxylation is 1. The third-order valence-corrected chi connectivity index (χ3v) is 5.79. The molecule has 2 fully saturated rings. The van der Waals surface area contributed by atoms with Gasteiger partial charge >= 0.3 is 0 Å². The standard InChI is InChI=1S/C15H25N3OS/c1-16-14(13-10-17-18(2)11-13)12-3-6-19-15(9-12)4-7-20-8-5-15/h10-12,14,16H,3-9H2,1-2H3. The second kappa shape index (κ2) is 6.08. The molecule has 0 aromatic carbocycles. The molecule has 0 saturated carbocycles. The minimum atomic E-state index is 0.158. The highest BCUT2D eigenvalue weighted by atomic mass is 32.2. The average molecular weight is 295 g/mol. The van der Waals surface area contributed by atoms with E-state index >= 15 is 0 Å². The molecule has 1 N–H and O–H groups in total. The smallest absolute Gasteiger partial charge is 0.0701 e. The van der Waals surface area contributed by atoms with Crippen molar-refractivity contribution in [3.63, 3.8) is 0 Å². The first-order chi connectivity index (χ1) is 9.72. The summed E-state index contributed by atoms with van der Waals surface area (Å²) in [4.78, 5) is 0. The summed E-state index contributed by atoms with van der Waals surface area (Å²) in [5, 5.41) is 7.84. The number of aromatic nitrogens is 2. The SMILES string of the molecule is CNC(c1cnn(C)c1)C1CCOC2(CCSCC2)C1. The van der Waals surface area contributed by atoms with Crippen molar-refractivity contribution in [2.24, 2.45) is 13.0 Å². The van der Waals surface area contributed by atoms with Crippen LogP contribution in [0, 0.1) is 5.92 Å². The summed E-state index contributed by atoms with van der Waals surface area (Å²) in [6, 6.07) is 0.402. The maximum absolute atomic E-state index is 6.21. The van der Waals surface area contributed by atoms with E-state index in [2.05, 4.69) is 35.4 Å². The molecule has 3 heterocycles. The molecular weight excluding hydrogens is 270 g/mol. The first kappa shape index (κ1) is 14.4. The van der Waals surface area contributed by atoms with E-state index in [1.54, 1.807) is 0 Å². The Morgan fingerprint density at radius 3 is 2.95 bits per heavy atom. The van der Waals surface area contributed by atoms with Crippen LogP contribution in [0.25, 0.3) is 0 Å². The zero-order valence-corrected chi connectivity index (χ0v) is 13.3. The highest BCUT2D eigenvalue weighted by molar-refractivity contribution is 7.99. The van der Waals surface area contributed by atoms with Crippen molar-refractivity contribution in [1.29, 1.82) is 0 Å². The van der Waals surface area contributed by atoms with Crippen LogP contribution in [0.2, 0.25) is 0 Å². The van der Waals surface area contributed by atoms with Crippen molar-refractivity contribution in [2.75, 3.05) is 25.2 Å². The minimum absolute atomic E-state index is 0.158. The van der Waals surface area contributed by atoms with Gasteiger partial charge in [-0.25, -0.2) is 0 Å². The Morgan fingerprint density at radius 1 is 1.50 bits per heavy atom. The minimum Gasteiger partial charge on any atom is -0.375 e. The normalized spacial score (nSPS) is 27.6. The van der Waals surface area contributed by atoms with E-state index in [9.17, 15) is 0 Å². The van der Waals surface area contributed by atoms with Gasteiger partial charge in [-0.3, -0.25) is 4.68 Å². The molecule has 2 aliphatic rings. The molecule has 2 saturated heterocycles. The van der Waals surface area contributed by atoms with Crippen molar-refractivity contribution in [2.45, 2.75) is 37.3 Å². The van der Waals surface area contributed by atoms with E-state index in [0.717, 1.165) is 13.0 Å².